The molecule has 2 rings (SSSR count). The molecule has 0 aromatic carbocycles. The van der Waals surface area contributed by atoms with Crippen molar-refractivity contribution in [3.05, 3.63) is 24.5 Å². The minimum Gasteiger partial charge on any atom is -0.371 e. The fourth-order valence-corrected chi connectivity index (χ4v) is 1.67. The summed E-state index contributed by atoms with van der Waals surface area (Å²) in [5.41, 5.74) is 1.23. The zero-order chi connectivity index (χ0) is 9.10. The Hall–Kier alpha value is -1.56. The number of aromatic nitrogens is 1. The maximum absolute atomic E-state index is 8.59. The van der Waals surface area contributed by atoms with Crippen LogP contribution in [0.25, 0.3) is 0 Å². The lowest BCUT2D eigenvalue weighted by atomic mass is 10.3. The van der Waals surface area contributed by atoms with Crippen LogP contribution in [0.3, 0.4) is 0 Å². The third kappa shape index (κ3) is 1.62. The highest BCUT2D eigenvalue weighted by Crippen LogP contribution is 2.17. The maximum atomic E-state index is 8.59. The lowest BCUT2D eigenvalue weighted by Gasteiger charge is -2.16. The number of nitriles is 1. The Balaban J connectivity index is 2.18. The molecule has 0 saturated carbocycles. The molecule has 2 heterocycles. The Labute approximate surface area is 77.8 Å². The molecule has 1 saturated heterocycles. The van der Waals surface area contributed by atoms with Crippen molar-refractivity contribution in [2.45, 2.75) is 12.8 Å². The molecular formula is C10H12N3+. The second-order valence-corrected chi connectivity index (χ2v) is 3.26. The first kappa shape index (κ1) is 8.06. The predicted molar refractivity (Wildman–Crippen MR) is 49.1 cm³/mol. The minimum atomic E-state index is 1.15. The largest absolute Gasteiger partial charge is 0.463 e. The highest BCUT2D eigenvalue weighted by Gasteiger charge is 2.12. The second kappa shape index (κ2) is 3.44. The molecule has 3 heteroatoms. The van der Waals surface area contributed by atoms with Gasteiger partial charge in [-0.25, -0.2) is 0 Å². The van der Waals surface area contributed by atoms with E-state index in [1.165, 1.54) is 23.1 Å². The molecule has 0 amide bonds. The average Bonchev–Trinajstić information content (AvgIpc) is 2.71. The lowest BCUT2D eigenvalue weighted by molar-refractivity contribution is -0.586. The maximum Gasteiger partial charge on any atom is 0.463 e. The predicted octanol–water partition coefficient (Wildman–Crippen LogP) is 0.903. The van der Waals surface area contributed by atoms with Crippen LogP contribution in [0.2, 0.25) is 0 Å². The quantitative estimate of drug-likeness (QED) is 0.592. The van der Waals surface area contributed by atoms with Crippen molar-refractivity contribution in [1.29, 1.82) is 5.26 Å². The van der Waals surface area contributed by atoms with Crippen LogP contribution in [0, 0.1) is 11.5 Å². The molecule has 1 fully saturated rings. The molecule has 66 valence electrons. The van der Waals surface area contributed by atoms with Crippen molar-refractivity contribution in [1.82, 2.24) is 0 Å². The van der Waals surface area contributed by atoms with Crippen LogP contribution in [0.5, 0.6) is 0 Å². The molecule has 0 aliphatic carbocycles. The van der Waals surface area contributed by atoms with Crippen molar-refractivity contribution in [3.63, 3.8) is 0 Å². The van der Waals surface area contributed by atoms with Crippen molar-refractivity contribution < 1.29 is 4.57 Å². The summed E-state index contributed by atoms with van der Waals surface area (Å²) in [6.07, 6.45) is 8.21. The van der Waals surface area contributed by atoms with E-state index in [4.69, 9.17) is 5.26 Å². The van der Waals surface area contributed by atoms with E-state index in [1.807, 2.05) is 18.3 Å². The Bertz CT molecular complexity index is 317. The van der Waals surface area contributed by atoms with E-state index in [9.17, 15) is 0 Å². The van der Waals surface area contributed by atoms with Gasteiger partial charge in [-0.05, 0) is 12.8 Å². The Morgan fingerprint density at radius 3 is 2.38 bits per heavy atom. The fraction of sp³-hybridized carbons (Fsp3) is 0.400. The van der Waals surface area contributed by atoms with E-state index in [1.54, 1.807) is 12.4 Å². The molecule has 0 unspecified atom stereocenters. The first-order valence-electron chi connectivity index (χ1n) is 4.56. The third-order valence-electron chi connectivity index (χ3n) is 2.40. The lowest BCUT2D eigenvalue weighted by Crippen LogP contribution is -2.27. The smallest absolute Gasteiger partial charge is 0.371 e. The van der Waals surface area contributed by atoms with E-state index < -0.39 is 0 Å². The Kier molecular flexibility index (Phi) is 2.13. The number of pyridine rings is 1. The molecule has 0 N–H and O–H groups in total. The topological polar surface area (TPSA) is 30.9 Å². The third-order valence-corrected chi connectivity index (χ3v) is 2.40. The van der Waals surface area contributed by atoms with Gasteiger partial charge in [0.1, 0.15) is 12.4 Å². The molecular weight excluding hydrogens is 162 g/mol. The summed E-state index contributed by atoms with van der Waals surface area (Å²) in [5, 5.41) is 8.59. The van der Waals surface area contributed by atoms with E-state index >= 15 is 0 Å². The van der Waals surface area contributed by atoms with Gasteiger partial charge < -0.3 is 4.90 Å². The molecule has 0 bridgehead atoms. The molecule has 0 radical (unpaired) electrons. The summed E-state index contributed by atoms with van der Waals surface area (Å²) < 4.78 is 1.50. The zero-order valence-electron chi connectivity index (χ0n) is 7.48. The summed E-state index contributed by atoms with van der Waals surface area (Å²) >= 11 is 0. The summed E-state index contributed by atoms with van der Waals surface area (Å²) in [6.45, 7) is 2.30. The number of rotatable bonds is 1. The van der Waals surface area contributed by atoms with Gasteiger partial charge in [-0.3, -0.25) is 0 Å². The summed E-state index contributed by atoms with van der Waals surface area (Å²) in [4.78, 5) is 2.35. The molecule has 0 spiro atoms. The SMILES string of the molecule is N#C[n+]1ccc(N2CCCC2)cc1. The highest BCUT2D eigenvalue weighted by molar-refractivity contribution is 5.44. The van der Waals surface area contributed by atoms with Gasteiger partial charge in [0.25, 0.3) is 0 Å². The first-order valence-corrected chi connectivity index (χ1v) is 4.56. The van der Waals surface area contributed by atoms with Gasteiger partial charge in [0.15, 0.2) is 5.26 Å². The number of hydrogen-bond acceptors (Lipinski definition) is 2. The van der Waals surface area contributed by atoms with Gasteiger partial charge in [0, 0.05) is 30.9 Å². The molecule has 3 nitrogen and oxygen atoms in total. The normalized spacial score (nSPS) is 15.8. The summed E-state index contributed by atoms with van der Waals surface area (Å²) in [6, 6.07) is 3.99. The van der Waals surface area contributed by atoms with E-state index in [-0.39, 0.29) is 0 Å². The van der Waals surface area contributed by atoms with Crippen LogP contribution in [0.1, 0.15) is 12.8 Å². The van der Waals surface area contributed by atoms with Gasteiger partial charge in [-0.15, -0.1) is 4.57 Å². The van der Waals surface area contributed by atoms with Crippen LogP contribution in [0.4, 0.5) is 5.69 Å². The summed E-state index contributed by atoms with van der Waals surface area (Å²) in [7, 11) is 0. The Morgan fingerprint density at radius 2 is 1.85 bits per heavy atom. The van der Waals surface area contributed by atoms with Crippen LogP contribution < -0.4 is 9.47 Å². The Morgan fingerprint density at radius 1 is 1.23 bits per heavy atom. The van der Waals surface area contributed by atoms with Gasteiger partial charge >= 0.3 is 6.19 Å². The molecule has 1 aliphatic heterocycles. The standard InChI is InChI=1S/C10H12N3/c11-9-12-7-3-10(4-8-12)13-5-1-2-6-13/h3-4,7-8H,1-2,5-6H2/q+1. The van der Waals surface area contributed by atoms with Gasteiger partial charge in [-0.2, -0.15) is 0 Å². The van der Waals surface area contributed by atoms with Crippen LogP contribution >= 0.6 is 0 Å². The second-order valence-electron chi connectivity index (χ2n) is 3.26. The van der Waals surface area contributed by atoms with Crippen LogP contribution in [-0.4, -0.2) is 13.1 Å². The number of anilines is 1. The molecule has 1 aromatic rings. The van der Waals surface area contributed by atoms with Crippen LogP contribution in [-0.2, 0) is 0 Å². The van der Waals surface area contributed by atoms with Crippen molar-refractivity contribution in [2.24, 2.45) is 0 Å². The fourth-order valence-electron chi connectivity index (χ4n) is 1.67. The molecule has 13 heavy (non-hydrogen) atoms. The zero-order valence-corrected chi connectivity index (χ0v) is 7.48. The molecule has 1 aromatic heterocycles. The number of hydrogen-bond donors (Lipinski definition) is 0. The molecule has 1 aliphatic rings. The number of nitrogens with zero attached hydrogens (tertiary/aromatic N) is 3. The van der Waals surface area contributed by atoms with Crippen molar-refractivity contribution in [2.75, 3.05) is 18.0 Å². The van der Waals surface area contributed by atoms with E-state index in [0.29, 0.717) is 0 Å². The van der Waals surface area contributed by atoms with E-state index in [2.05, 4.69) is 4.90 Å². The van der Waals surface area contributed by atoms with Crippen molar-refractivity contribution >= 4 is 5.69 Å². The van der Waals surface area contributed by atoms with Gasteiger partial charge in [0.05, 0.1) is 0 Å². The minimum absolute atomic E-state index is 1.15. The van der Waals surface area contributed by atoms with E-state index in [0.717, 1.165) is 13.1 Å². The van der Waals surface area contributed by atoms with Crippen LogP contribution in [0.15, 0.2) is 24.5 Å². The van der Waals surface area contributed by atoms with Gasteiger partial charge in [-0.1, -0.05) is 0 Å². The first-order chi connectivity index (χ1) is 6.40. The average molecular weight is 174 g/mol. The van der Waals surface area contributed by atoms with Crippen molar-refractivity contribution in [3.8, 4) is 6.19 Å². The molecule has 0 atom stereocenters. The van der Waals surface area contributed by atoms with Gasteiger partial charge in [0.2, 0.25) is 0 Å². The highest BCUT2D eigenvalue weighted by atomic mass is 15.1. The summed E-state index contributed by atoms with van der Waals surface area (Å²) in [5.74, 6) is 0. The monoisotopic (exact) mass is 174 g/mol.